The molecule has 1 aromatic rings. The quantitative estimate of drug-likeness (QED) is 0.631. The summed E-state index contributed by atoms with van der Waals surface area (Å²) in [6.07, 6.45) is 6.36. The highest BCUT2D eigenvalue weighted by atomic mass is 16.5. The van der Waals surface area contributed by atoms with Crippen LogP contribution in [0.4, 0.5) is 0 Å². The molecule has 0 radical (unpaired) electrons. The summed E-state index contributed by atoms with van der Waals surface area (Å²) in [5, 5.41) is 0. The molecular formula is C22H37N3O. The van der Waals surface area contributed by atoms with Gasteiger partial charge in [-0.1, -0.05) is 36.8 Å². The van der Waals surface area contributed by atoms with Crippen LogP contribution in [0.1, 0.15) is 31.2 Å². The standard InChI is InChI=1S/C22H37N3O/c1-23-12-6-5-10-22(23)20-25-16-14-24(15-17-25)13-7-18-26-19-11-21-8-3-2-4-9-21/h2-4,8-9,22H,5-7,10-20H2,1H3. The molecule has 4 heteroatoms. The second-order valence-corrected chi connectivity index (χ2v) is 7.97. The molecule has 146 valence electrons. The summed E-state index contributed by atoms with van der Waals surface area (Å²) >= 11 is 0. The molecule has 0 bridgehead atoms. The predicted octanol–water partition coefficient (Wildman–Crippen LogP) is 2.74. The number of hydrogen-bond donors (Lipinski definition) is 0. The zero-order valence-electron chi connectivity index (χ0n) is 16.6. The van der Waals surface area contributed by atoms with Gasteiger partial charge in [-0.15, -0.1) is 0 Å². The molecule has 0 spiro atoms. The molecule has 0 amide bonds. The molecule has 1 atom stereocenters. The van der Waals surface area contributed by atoms with Crippen LogP contribution in [0, 0.1) is 0 Å². The molecule has 0 aliphatic carbocycles. The lowest BCUT2D eigenvalue weighted by molar-refractivity contribution is 0.0755. The lowest BCUT2D eigenvalue weighted by atomic mass is 10.0. The molecule has 0 saturated carbocycles. The van der Waals surface area contributed by atoms with E-state index in [0.29, 0.717) is 0 Å². The summed E-state index contributed by atoms with van der Waals surface area (Å²) in [6.45, 7) is 10.4. The van der Waals surface area contributed by atoms with Crippen LogP contribution in [0.5, 0.6) is 0 Å². The Bertz CT molecular complexity index is 487. The summed E-state index contributed by atoms with van der Waals surface area (Å²) in [5.74, 6) is 0. The van der Waals surface area contributed by atoms with E-state index in [0.717, 1.165) is 32.1 Å². The van der Waals surface area contributed by atoms with Gasteiger partial charge >= 0.3 is 0 Å². The topological polar surface area (TPSA) is 19.0 Å². The van der Waals surface area contributed by atoms with Crippen molar-refractivity contribution >= 4 is 0 Å². The van der Waals surface area contributed by atoms with Crippen LogP contribution in [0.25, 0.3) is 0 Å². The Morgan fingerprint density at radius 2 is 1.69 bits per heavy atom. The summed E-state index contributed by atoms with van der Waals surface area (Å²) in [4.78, 5) is 7.86. The first-order valence-corrected chi connectivity index (χ1v) is 10.6. The molecule has 0 N–H and O–H groups in total. The van der Waals surface area contributed by atoms with Crippen LogP contribution in [0.2, 0.25) is 0 Å². The van der Waals surface area contributed by atoms with Crippen LogP contribution in [-0.4, -0.2) is 86.8 Å². The number of benzene rings is 1. The van der Waals surface area contributed by atoms with E-state index in [4.69, 9.17) is 4.74 Å². The molecule has 2 fully saturated rings. The lowest BCUT2D eigenvalue weighted by Crippen LogP contribution is -2.51. The Hall–Kier alpha value is -0.940. The highest BCUT2D eigenvalue weighted by Crippen LogP contribution is 2.16. The third-order valence-electron chi connectivity index (χ3n) is 6.00. The second-order valence-electron chi connectivity index (χ2n) is 7.97. The van der Waals surface area contributed by atoms with Crippen LogP contribution in [-0.2, 0) is 11.2 Å². The Labute approximate surface area is 160 Å². The molecule has 0 aromatic heterocycles. The van der Waals surface area contributed by atoms with E-state index in [1.807, 2.05) is 0 Å². The van der Waals surface area contributed by atoms with Gasteiger partial charge in [0.2, 0.25) is 0 Å². The summed E-state index contributed by atoms with van der Waals surface area (Å²) in [5.41, 5.74) is 1.37. The van der Waals surface area contributed by atoms with Crippen LogP contribution in [0.3, 0.4) is 0 Å². The smallest absolute Gasteiger partial charge is 0.0506 e. The molecule has 4 nitrogen and oxygen atoms in total. The molecule has 3 rings (SSSR count). The van der Waals surface area contributed by atoms with Crippen LogP contribution >= 0.6 is 0 Å². The number of nitrogens with zero attached hydrogens (tertiary/aromatic N) is 3. The van der Waals surface area contributed by atoms with E-state index >= 15 is 0 Å². The molecule has 2 saturated heterocycles. The average Bonchev–Trinajstić information content (AvgIpc) is 2.68. The SMILES string of the molecule is CN1CCCCC1CN1CCN(CCCOCCc2ccccc2)CC1. The van der Waals surface area contributed by atoms with Crippen molar-refractivity contribution in [3.63, 3.8) is 0 Å². The molecule has 26 heavy (non-hydrogen) atoms. The molecule has 2 aliphatic heterocycles. The Morgan fingerprint density at radius 3 is 2.46 bits per heavy atom. The number of rotatable bonds is 9. The van der Waals surface area contributed by atoms with Crippen molar-refractivity contribution in [3.8, 4) is 0 Å². The normalized spacial score (nSPS) is 23.3. The van der Waals surface area contributed by atoms with E-state index in [1.54, 1.807) is 0 Å². The van der Waals surface area contributed by atoms with Gasteiger partial charge in [-0.3, -0.25) is 4.90 Å². The van der Waals surface area contributed by atoms with Gasteiger partial charge in [0, 0.05) is 51.9 Å². The highest BCUT2D eigenvalue weighted by molar-refractivity contribution is 5.14. The van der Waals surface area contributed by atoms with Crippen molar-refractivity contribution < 1.29 is 4.74 Å². The first-order chi connectivity index (χ1) is 12.8. The van der Waals surface area contributed by atoms with Gasteiger partial charge < -0.3 is 14.5 Å². The van der Waals surface area contributed by atoms with Crippen LogP contribution in [0.15, 0.2) is 30.3 Å². The second kappa shape index (κ2) is 11.0. The average molecular weight is 360 g/mol. The van der Waals surface area contributed by atoms with Gasteiger partial charge in [0.25, 0.3) is 0 Å². The summed E-state index contributed by atoms with van der Waals surface area (Å²) < 4.78 is 5.82. The first-order valence-electron chi connectivity index (χ1n) is 10.6. The van der Waals surface area contributed by atoms with Gasteiger partial charge in [-0.05, 0) is 44.8 Å². The fourth-order valence-electron chi connectivity index (χ4n) is 4.20. The molecule has 2 heterocycles. The number of piperidine rings is 1. The Morgan fingerprint density at radius 1 is 0.923 bits per heavy atom. The maximum atomic E-state index is 5.82. The molecular weight excluding hydrogens is 322 g/mol. The van der Waals surface area contributed by atoms with Crippen molar-refractivity contribution in [3.05, 3.63) is 35.9 Å². The number of piperazine rings is 1. The first kappa shape index (κ1) is 19.8. The third-order valence-corrected chi connectivity index (χ3v) is 6.00. The largest absolute Gasteiger partial charge is 0.381 e. The van der Waals surface area contributed by atoms with Gasteiger partial charge in [0.1, 0.15) is 0 Å². The minimum absolute atomic E-state index is 0.785. The van der Waals surface area contributed by atoms with Crippen LogP contribution < -0.4 is 0 Å². The van der Waals surface area contributed by atoms with Crippen molar-refractivity contribution in [2.45, 2.75) is 38.1 Å². The molecule has 2 aliphatic rings. The minimum Gasteiger partial charge on any atom is -0.381 e. The zero-order chi connectivity index (χ0) is 18.0. The van der Waals surface area contributed by atoms with Crippen molar-refractivity contribution in [2.24, 2.45) is 0 Å². The highest BCUT2D eigenvalue weighted by Gasteiger charge is 2.23. The van der Waals surface area contributed by atoms with E-state index in [2.05, 4.69) is 52.1 Å². The maximum absolute atomic E-state index is 5.82. The van der Waals surface area contributed by atoms with Crippen molar-refractivity contribution in [1.82, 2.24) is 14.7 Å². The fraction of sp³-hybridized carbons (Fsp3) is 0.727. The summed E-state index contributed by atoms with van der Waals surface area (Å²) in [7, 11) is 2.30. The maximum Gasteiger partial charge on any atom is 0.0506 e. The number of hydrogen-bond acceptors (Lipinski definition) is 4. The fourth-order valence-corrected chi connectivity index (χ4v) is 4.20. The van der Waals surface area contributed by atoms with Gasteiger partial charge in [0.15, 0.2) is 0 Å². The Kier molecular flexibility index (Phi) is 8.40. The van der Waals surface area contributed by atoms with E-state index < -0.39 is 0 Å². The monoisotopic (exact) mass is 359 g/mol. The third kappa shape index (κ3) is 6.66. The molecule has 1 aromatic carbocycles. The predicted molar refractivity (Wildman–Crippen MR) is 109 cm³/mol. The van der Waals surface area contributed by atoms with E-state index in [-0.39, 0.29) is 0 Å². The van der Waals surface area contributed by atoms with Crippen molar-refractivity contribution in [1.29, 1.82) is 0 Å². The number of likely N-dealkylation sites (tertiary alicyclic amines) is 1. The number of ether oxygens (including phenoxy) is 1. The zero-order valence-corrected chi connectivity index (χ0v) is 16.6. The van der Waals surface area contributed by atoms with Crippen molar-refractivity contribution in [2.75, 3.05) is 66.1 Å². The lowest BCUT2D eigenvalue weighted by Gasteiger charge is -2.40. The van der Waals surface area contributed by atoms with E-state index in [9.17, 15) is 0 Å². The van der Waals surface area contributed by atoms with Gasteiger partial charge in [-0.2, -0.15) is 0 Å². The molecule has 1 unspecified atom stereocenters. The minimum atomic E-state index is 0.785. The van der Waals surface area contributed by atoms with E-state index in [1.165, 1.54) is 70.6 Å². The Balaban J connectivity index is 1.21. The van der Waals surface area contributed by atoms with Gasteiger partial charge in [0.05, 0.1) is 6.61 Å². The summed E-state index contributed by atoms with van der Waals surface area (Å²) in [6, 6.07) is 11.4. The number of likely N-dealkylation sites (N-methyl/N-ethyl adjacent to an activating group) is 1. The van der Waals surface area contributed by atoms with Gasteiger partial charge in [-0.25, -0.2) is 0 Å².